The number of aliphatic hydroxyl groups excluding tert-OH is 1. The molecule has 0 spiro atoms. The van der Waals surface area contributed by atoms with Crippen LogP contribution in [0.25, 0.3) is 0 Å². The van der Waals surface area contributed by atoms with E-state index in [1.54, 1.807) is 0 Å². The Morgan fingerprint density at radius 1 is 1.40 bits per heavy atom. The second-order valence-electron chi connectivity index (χ2n) is 2.60. The molecule has 0 heterocycles. The number of aliphatic hydroxyl groups is 1. The Hall–Kier alpha value is -0.0800. The zero-order chi connectivity index (χ0) is 7.98. The van der Waals surface area contributed by atoms with Crippen molar-refractivity contribution in [3.63, 3.8) is 0 Å². The van der Waals surface area contributed by atoms with Crippen molar-refractivity contribution in [3.05, 3.63) is 0 Å². The fourth-order valence-electron chi connectivity index (χ4n) is 0.839. The molecule has 0 saturated heterocycles. The lowest BCUT2D eigenvalue weighted by Crippen LogP contribution is -2.18. The second-order valence-corrected chi connectivity index (χ2v) is 2.60. The van der Waals surface area contributed by atoms with E-state index < -0.39 is 6.29 Å². The molecule has 0 amide bonds. The Kier molecular flexibility index (Phi) is 5.64. The van der Waals surface area contributed by atoms with E-state index >= 15 is 0 Å². The van der Waals surface area contributed by atoms with Crippen LogP contribution in [0.5, 0.6) is 0 Å². The fourth-order valence-corrected chi connectivity index (χ4v) is 0.839. The molecule has 2 nitrogen and oxygen atoms in total. The van der Waals surface area contributed by atoms with Gasteiger partial charge in [0.2, 0.25) is 0 Å². The lowest BCUT2D eigenvalue weighted by atomic mass is 10.2. The van der Waals surface area contributed by atoms with Crippen molar-refractivity contribution in [1.82, 2.24) is 0 Å². The van der Waals surface area contributed by atoms with Crippen molar-refractivity contribution >= 4 is 0 Å². The van der Waals surface area contributed by atoms with Gasteiger partial charge in [0.15, 0.2) is 6.29 Å². The average Bonchev–Trinajstić information content (AvgIpc) is 1.88. The van der Waals surface area contributed by atoms with Gasteiger partial charge in [-0.1, -0.05) is 20.3 Å². The molecule has 2 unspecified atom stereocenters. The molecule has 62 valence electrons. The second kappa shape index (κ2) is 5.69. The van der Waals surface area contributed by atoms with Crippen LogP contribution in [-0.4, -0.2) is 17.5 Å². The molecule has 0 aromatic heterocycles. The first-order chi connectivity index (χ1) is 4.70. The van der Waals surface area contributed by atoms with Crippen LogP contribution in [0.3, 0.4) is 0 Å². The molecule has 0 bridgehead atoms. The lowest BCUT2D eigenvalue weighted by Gasteiger charge is -2.15. The summed E-state index contributed by atoms with van der Waals surface area (Å²) in [6, 6.07) is 0. The fraction of sp³-hybridized carbons (Fsp3) is 1.00. The van der Waals surface area contributed by atoms with Gasteiger partial charge in [0, 0.05) is 0 Å². The van der Waals surface area contributed by atoms with E-state index in [1.165, 1.54) is 0 Å². The van der Waals surface area contributed by atoms with Crippen molar-refractivity contribution in [2.75, 3.05) is 0 Å². The van der Waals surface area contributed by atoms with Crippen molar-refractivity contribution in [2.45, 2.75) is 52.4 Å². The van der Waals surface area contributed by atoms with E-state index in [4.69, 9.17) is 9.84 Å². The van der Waals surface area contributed by atoms with E-state index in [-0.39, 0.29) is 6.10 Å². The molecule has 0 radical (unpaired) electrons. The predicted octanol–water partition coefficient (Wildman–Crippen LogP) is 1.92. The third kappa shape index (κ3) is 4.77. The maximum Gasteiger partial charge on any atom is 0.154 e. The molecule has 0 fully saturated rings. The largest absolute Gasteiger partial charge is 0.368 e. The molecule has 0 rings (SSSR count). The minimum Gasteiger partial charge on any atom is -0.368 e. The lowest BCUT2D eigenvalue weighted by molar-refractivity contribution is -0.132. The zero-order valence-corrected chi connectivity index (χ0v) is 7.13. The molecule has 0 aromatic carbocycles. The Morgan fingerprint density at radius 3 is 2.40 bits per heavy atom. The molecule has 0 aliphatic rings. The standard InChI is InChI=1S/C8H18O2/c1-4-6-7(3)10-8(9)5-2/h7-9H,4-6H2,1-3H3. The first-order valence-corrected chi connectivity index (χ1v) is 4.04. The molecule has 1 N–H and O–H groups in total. The van der Waals surface area contributed by atoms with Crippen LogP contribution in [0.1, 0.15) is 40.0 Å². The normalized spacial score (nSPS) is 16.8. The average molecular weight is 146 g/mol. The molecule has 0 aliphatic carbocycles. The van der Waals surface area contributed by atoms with E-state index in [0.29, 0.717) is 6.42 Å². The Bertz CT molecular complexity index is 73.7. The maximum atomic E-state index is 9.03. The van der Waals surface area contributed by atoms with Gasteiger partial charge in [0.25, 0.3) is 0 Å². The summed E-state index contributed by atoms with van der Waals surface area (Å²) in [7, 11) is 0. The Labute approximate surface area is 63.2 Å². The van der Waals surface area contributed by atoms with Crippen LogP contribution in [0.4, 0.5) is 0 Å². The highest BCUT2D eigenvalue weighted by Gasteiger charge is 2.05. The van der Waals surface area contributed by atoms with Crippen LogP contribution in [0, 0.1) is 0 Å². The van der Waals surface area contributed by atoms with Crippen molar-refractivity contribution < 1.29 is 9.84 Å². The van der Waals surface area contributed by atoms with Gasteiger partial charge in [-0.15, -0.1) is 0 Å². The van der Waals surface area contributed by atoms with Gasteiger partial charge in [0.1, 0.15) is 0 Å². The number of rotatable bonds is 5. The highest BCUT2D eigenvalue weighted by molar-refractivity contribution is 4.48. The highest BCUT2D eigenvalue weighted by Crippen LogP contribution is 2.04. The number of hydrogen-bond acceptors (Lipinski definition) is 2. The predicted molar refractivity (Wildman–Crippen MR) is 41.8 cm³/mol. The molecule has 0 aliphatic heterocycles. The molecule has 2 heteroatoms. The Morgan fingerprint density at radius 2 is 2.00 bits per heavy atom. The summed E-state index contributed by atoms with van der Waals surface area (Å²) >= 11 is 0. The zero-order valence-electron chi connectivity index (χ0n) is 7.13. The number of hydrogen-bond donors (Lipinski definition) is 1. The summed E-state index contributed by atoms with van der Waals surface area (Å²) in [5.41, 5.74) is 0. The van der Waals surface area contributed by atoms with Gasteiger partial charge < -0.3 is 9.84 Å². The van der Waals surface area contributed by atoms with Crippen molar-refractivity contribution in [2.24, 2.45) is 0 Å². The molecule has 0 aromatic rings. The van der Waals surface area contributed by atoms with Crippen molar-refractivity contribution in [1.29, 1.82) is 0 Å². The van der Waals surface area contributed by atoms with Crippen LogP contribution < -0.4 is 0 Å². The van der Waals surface area contributed by atoms with Gasteiger partial charge >= 0.3 is 0 Å². The van der Waals surface area contributed by atoms with E-state index in [9.17, 15) is 0 Å². The van der Waals surface area contributed by atoms with Gasteiger partial charge in [-0.05, 0) is 19.8 Å². The molecule has 2 atom stereocenters. The monoisotopic (exact) mass is 146 g/mol. The molecule has 10 heavy (non-hydrogen) atoms. The SMILES string of the molecule is CCCC(C)OC(O)CC. The third-order valence-electron chi connectivity index (χ3n) is 1.43. The molecule has 0 saturated carbocycles. The first kappa shape index (κ1) is 9.92. The summed E-state index contributed by atoms with van der Waals surface area (Å²) in [6.45, 7) is 6.00. The topological polar surface area (TPSA) is 29.5 Å². The number of ether oxygens (including phenoxy) is 1. The van der Waals surface area contributed by atoms with E-state index in [1.807, 2.05) is 13.8 Å². The molecular weight excluding hydrogens is 128 g/mol. The molecular formula is C8H18O2. The third-order valence-corrected chi connectivity index (χ3v) is 1.43. The first-order valence-electron chi connectivity index (χ1n) is 4.04. The van der Waals surface area contributed by atoms with Crippen molar-refractivity contribution in [3.8, 4) is 0 Å². The minimum absolute atomic E-state index is 0.194. The summed E-state index contributed by atoms with van der Waals surface area (Å²) < 4.78 is 5.20. The van der Waals surface area contributed by atoms with Crippen LogP contribution in [0.15, 0.2) is 0 Å². The van der Waals surface area contributed by atoms with Gasteiger partial charge in [-0.25, -0.2) is 0 Å². The maximum absolute atomic E-state index is 9.03. The summed E-state index contributed by atoms with van der Waals surface area (Å²) in [5, 5.41) is 9.03. The van der Waals surface area contributed by atoms with E-state index in [0.717, 1.165) is 12.8 Å². The highest BCUT2D eigenvalue weighted by atomic mass is 16.6. The van der Waals surface area contributed by atoms with Crippen LogP contribution in [-0.2, 0) is 4.74 Å². The van der Waals surface area contributed by atoms with Gasteiger partial charge in [-0.2, -0.15) is 0 Å². The van der Waals surface area contributed by atoms with Gasteiger partial charge in [0.05, 0.1) is 6.10 Å². The summed E-state index contributed by atoms with van der Waals surface area (Å²) in [4.78, 5) is 0. The van der Waals surface area contributed by atoms with Crippen LogP contribution in [0.2, 0.25) is 0 Å². The quantitative estimate of drug-likeness (QED) is 0.600. The van der Waals surface area contributed by atoms with E-state index in [2.05, 4.69) is 6.92 Å². The van der Waals surface area contributed by atoms with Gasteiger partial charge in [-0.3, -0.25) is 0 Å². The summed E-state index contributed by atoms with van der Waals surface area (Å²) in [6.07, 6.45) is 2.43. The minimum atomic E-state index is -0.568. The summed E-state index contributed by atoms with van der Waals surface area (Å²) in [5.74, 6) is 0. The van der Waals surface area contributed by atoms with Crippen LogP contribution >= 0.6 is 0 Å². The smallest absolute Gasteiger partial charge is 0.154 e. The Balaban J connectivity index is 3.27.